The number of aliphatic hydroxyl groups is 1. The molecule has 1 aromatic heterocycles. The third kappa shape index (κ3) is 2.13. The molecule has 0 radical (unpaired) electrons. The third-order valence-electron chi connectivity index (χ3n) is 2.60. The minimum atomic E-state index is -0.419. The van der Waals surface area contributed by atoms with Crippen molar-refractivity contribution >= 4 is 26.8 Å². The molecule has 0 aliphatic rings. The molecule has 0 saturated heterocycles. The number of aromatic amines is 1. The predicted molar refractivity (Wildman–Crippen MR) is 69.4 cm³/mol. The summed E-state index contributed by atoms with van der Waals surface area (Å²) in [6.07, 6.45) is 2.49. The molecule has 0 aliphatic heterocycles. The van der Waals surface area contributed by atoms with Crippen LogP contribution in [0.2, 0.25) is 0 Å². The van der Waals surface area contributed by atoms with Gasteiger partial charge in [0.25, 0.3) is 0 Å². The van der Waals surface area contributed by atoms with Crippen molar-refractivity contribution in [1.82, 2.24) is 4.98 Å². The lowest BCUT2D eigenvalue weighted by Crippen LogP contribution is -2.24. The topological polar surface area (TPSA) is 62.0 Å². The number of aliphatic hydroxyl groups excluding tert-OH is 1. The van der Waals surface area contributed by atoms with Crippen molar-refractivity contribution in [3.05, 3.63) is 46.8 Å². The van der Waals surface area contributed by atoms with E-state index >= 15 is 0 Å². The summed E-state index contributed by atoms with van der Waals surface area (Å²) in [5.41, 5.74) is 7.91. The maximum absolute atomic E-state index is 9.21. The van der Waals surface area contributed by atoms with Gasteiger partial charge in [-0.05, 0) is 30.2 Å². The summed E-state index contributed by atoms with van der Waals surface area (Å²) in [5, 5.41) is 10.3. The summed E-state index contributed by atoms with van der Waals surface area (Å²) in [6, 6.07) is 5.60. The second-order valence-electron chi connectivity index (χ2n) is 3.81. The van der Waals surface area contributed by atoms with Crippen LogP contribution in [-0.4, -0.2) is 16.1 Å². The van der Waals surface area contributed by atoms with Crippen molar-refractivity contribution in [1.29, 1.82) is 0 Å². The molecule has 2 aromatic rings. The zero-order valence-electron chi connectivity index (χ0n) is 8.70. The number of fused-ring (bicyclic) bond motifs is 1. The highest BCUT2D eigenvalue weighted by atomic mass is 79.9. The number of rotatable bonds is 3. The molecular formula is C12H13BrN2O. The van der Waals surface area contributed by atoms with Gasteiger partial charge in [0.2, 0.25) is 0 Å². The molecule has 1 aromatic carbocycles. The van der Waals surface area contributed by atoms with Crippen molar-refractivity contribution in [2.24, 2.45) is 5.73 Å². The number of benzene rings is 1. The van der Waals surface area contributed by atoms with Gasteiger partial charge in [0.1, 0.15) is 5.76 Å². The predicted octanol–water partition coefficient (Wildman–Crippen LogP) is 2.87. The van der Waals surface area contributed by atoms with Gasteiger partial charge in [0.05, 0.1) is 6.04 Å². The highest BCUT2D eigenvalue weighted by Crippen LogP contribution is 2.23. The van der Waals surface area contributed by atoms with E-state index in [4.69, 9.17) is 5.73 Å². The lowest BCUT2D eigenvalue weighted by atomic mass is 10.0. The molecule has 0 saturated carbocycles. The van der Waals surface area contributed by atoms with E-state index in [9.17, 15) is 5.11 Å². The molecule has 0 fully saturated rings. The second kappa shape index (κ2) is 4.31. The first-order valence-corrected chi connectivity index (χ1v) is 5.76. The Morgan fingerprint density at radius 2 is 2.31 bits per heavy atom. The van der Waals surface area contributed by atoms with Gasteiger partial charge in [-0.2, -0.15) is 0 Å². The van der Waals surface area contributed by atoms with E-state index in [0.29, 0.717) is 6.42 Å². The Kier molecular flexibility index (Phi) is 3.03. The normalized spacial score (nSPS) is 12.9. The van der Waals surface area contributed by atoms with Crippen LogP contribution >= 0.6 is 15.9 Å². The van der Waals surface area contributed by atoms with Gasteiger partial charge in [-0.1, -0.05) is 22.5 Å². The van der Waals surface area contributed by atoms with Crippen molar-refractivity contribution in [2.45, 2.75) is 12.5 Å². The summed E-state index contributed by atoms with van der Waals surface area (Å²) in [4.78, 5) is 3.17. The van der Waals surface area contributed by atoms with Crippen LogP contribution in [0.4, 0.5) is 0 Å². The summed E-state index contributed by atoms with van der Waals surface area (Å²) in [5.74, 6) is 0.0179. The van der Waals surface area contributed by atoms with Crippen LogP contribution < -0.4 is 5.73 Å². The Morgan fingerprint density at radius 3 is 3.00 bits per heavy atom. The van der Waals surface area contributed by atoms with Gasteiger partial charge in [0, 0.05) is 21.6 Å². The number of hydrogen-bond acceptors (Lipinski definition) is 2. The van der Waals surface area contributed by atoms with Gasteiger partial charge in [-0.15, -0.1) is 0 Å². The zero-order chi connectivity index (χ0) is 11.7. The minimum absolute atomic E-state index is 0.0179. The summed E-state index contributed by atoms with van der Waals surface area (Å²) < 4.78 is 1.03. The molecule has 4 N–H and O–H groups in total. The number of halogens is 1. The molecule has 1 heterocycles. The van der Waals surface area contributed by atoms with Crippen LogP contribution in [-0.2, 0) is 6.42 Å². The second-order valence-corrected chi connectivity index (χ2v) is 4.72. The molecule has 0 spiro atoms. The monoisotopic (exact) mass is 280 g/mol. The van der Waals surface area contributed by atoms with Crippen molar-refractivity contribution < 1.29 is 5.11 Å². The third-order valence-corrected chi connectivity index (χ3v) is 3.09. The Balaban J connectivity index is 2.37. The van der Waals surface area contributed by atoms with Gasteiger partial charge >= 0.3 is 0 Å². The van der Waals surface area contributed by atoms with E-state index in [1.807, 2.05) is 24.4 Å². The quantitative estimate of drug-likeness (QED) is 0.757. The Bertz CT molecular complexity index is 533. The fourth-order valence-electron chi connectivity index (χ4n) is 1.67. The van der Waals surface area contributed by atoms with Crippen LogP contribution in [0.3, 0.4) is 0 Å². The maximum atomic E-state index is 9.21. The fraction of sp³-hybridized carbons (Fsp3) is 0.167. The number of H-pyrrole nitrogens is 1. The van der Waals surface area contributed by atoms with Crippen LogP contribution in [0.25, 0.3) is 10.9 Å². The summed E-state index contributed by atoms with van der Waals surface area (Å²) >= 11 is 3.43. The van der Waals surface area contributed by atoms with Gasteiger partial charge in [-0.25, -0.2) is 0 Å². The van der Waals surface area contributed by atoms with Crippen molar-refractivity contribution in [3.8, 4) is 0 Å². The lowest BCUT2D eigenvalue weighted by Gasteiger charge is -2.08. The van der Waals surface area contributed by atoms with E-state index in [-0.39, 0.29) is 5.76 Å². The average Bonchev–Trinajstić information content (AvgIpc) is 2.61. The Hall–Kier alpha value is -1.26. The fourth-order valence-corrected chi connectivity index (χ4v) is 2.04. The van der Waals surface area contributed by atoms with Crippen LogP contribution in [0.5, 0.6) is 0 Å². The Labute approximate surface area is 102 Å². The SMILES string of the molecule is C=C(O)C(N)Cc1c[nH]c2ccc(Br)cc12. The number of nitrogens with two attached hydrogens (primary N) is 1. The first kappa shape index (κ1) is 11.2. The van der Waals surface area contributed by atoms with E-state index in [2.05, 4.69) is 27.5 Å². The number of aromatic nitrogens is 1. The highest BCUT2D eigenvalue weighted by Gasteiger charge is 2.10. The standard InChI is InChI=1S/C12H13BrN2O/c1-7(16)11(14)4-8-6-15-12-3-2-9(13)5-10(8)12/h2-3,5-6,11,15-16H,1,4,14H2. The van der Waals surface area contributed by atoms with E-state index in [0.717, 1.165) is 20.9 Å². The molecule has 1 atom stereocenters. The Morgan fingerprint density at radius 1 is 1.56 bits per heavy atom. The molecule has 0 aliphatic carbocycles. The van der Waals surface area contributed by atoms with Crippen LogP contribution in [0.1, 0.15) is 5.56 Å². The molecule has 0 bridgehead atoms. The summed E-state index contributed by atoms with van der Waals surface area (Å²) in [6.45, 7) is 3.44. The van der Waals surface area contributed by atoms with Crippen LogP contribution in [0.15, 0.2) is 41.2 Å². The van der Waals surface area contributed by atoms with Crippen molar-refractivity contribution in [2.75, 3.05) is 0 Å². The molecule has 1 unspecified atom stereocenters. The molecule has 3 nitrogen and oxygen atoms in total. The van der Waals surface area contributed by atoms with E-state index in [1.165, 1.54) is 0 Å². The minimum Gasteiger partial charge on any atom is -0.511 e. The van der Waals surface area contributed by atoms with Crippen molar-refractivity contribution in [3.63, 3.8) is 0 Å². The summed E-state index contributed by atoms with van der Waals surface area (Å²) in [7, 11) is 0. The molecule has 84 valence electrons. The van der Waals surface area contributed by atoms with Gasteiger partial charge in [-0.3, -0.25) is 0 Å². The smallest absolute Gasteiger partial charge is 0.102 e. The highest BCUT2D eigenvalue weighted by molar-refractivity contribution is 9.10. The first-order valence-electron chi connectivity index (χ1n) is 4.97. The largest absolute Gasteiger partial charge is 0.511 e. The van der Waals surface area contributed by atoms with E-state index < -0.39 is 6.04 Å². The molecule has 0 amide bonds. The van der Waals surface area contributed by atoms with E-state index in [1.54, 1.807) is 0 Å². The average molecular weight is 281 g/mol. The zero-order valence-corrected chi connectivity index (χ0v) is 10.3. The molecule has 16 heavy (non-hydrogen) atoms. The maximum Gasteiger partial charge on any atom is 0.102 e. The lowest BCUT2D eigenvalue weighted by molar-refractivity contribution is 0.369. The molecular weight excluding hydrogens is 268 g/mol. The number of hydrogen-bond donors (Lipinski definition) is 3. The van der Waals surface area contributed by atoms with Gasteiger partial charge in [0.15, 0.2) is 0 Å². The molecule has 4 heteroatoms. The van der Waals surface area contributed by atoms with Crippen LogP contribution in [0, 0.1) is 0 Å². The first-order chi connectivity index (χ1) is 7.58. The number of nitrogens with one attached hydrogen (secondary N) is 1. The molecule has 2 rings (SSSR count). The van der Waals surface area contributed by atoms with Gasteiger partial charge < -0.3 is 15.8 Å².